The van der Waals surface area contributed by atoms with Crippen molar-refractivity contribution in [3.05, 3.63) is 35.4 Å². The third-order valence-corrected chi connectivity index (χ3v) is 4.45. The average molecular weight is 444 g/mol. The zero-order chi connectivity index (χ0) is 16.5. The van der Waals surface area contributed by atoms with Crippen LogP contribution in [-0.4, -0.2) is 25.5 Å². The Morgan fingerprint density at radius 1 is 1.29 bits per heavy atom. The van der Waals surface area contributed by atoms with Crippen molar-refractivity contribution in [2.75, 3.05) is 13.6 Å². The molecule has 24 heavy (non-hydrogen) atoms. The van der Waals surface area contributed by atoms with Crippen LogP contribution in [0.2, 0.25) is 0 Å². The first-order valence-corrected chi connectivity index (χ1v) is 8.52. The molecule has 134 valence electrons. The fourth-order valence-corrected chi connectivity index (χ4v) is 3.14. The first-order chi connectivity index (χ1) is 11.2. The Balaban J connectivity index is 0.00000288. The first-order valence-electron chi connectivity index (χ1n) is 8.52. The zero-order valence-electron chi connectivity index (χ0n) is 14.4. The molecule has 1 aromatic carbocycles. The van der Waals surface area contributed by atoms with Crippen LogP contribution >= 0.6 is 24.0 Å². The Kier molecular flexibility index (Phi) is 9.75. The SMILES string of the molecule is CN=C(NCCCC1CCCC1)NCc1cccc(C(N)=O)c1.I. The van der Waals surface area contributed by atoms with Gasteiger partial charge in [-0.25, -0.2) is 0 Å². The van der Waals surface area contributed by atoms with Gasteiger partial charge in [0.1, 0.15) is 0 Å². The summed E-state index contributed by atoms with van der Waals surface area (Å²) < 4.78 is 0. The maximum Gasteiger partial charge on any atom is 0.248 e. The second-order valence-electron chi connectivity index (χ2n) is 6.21. The minimum Gasteiger partial charge on any atom is -0.366 e. The Morgan fingerprint density at radius 3 is 2.71 bits per heavy atom. The number of amides is 1. The topological polar surface area (TPSA) is 79.5 Å². The number of nitrogens with zero attached hydrogens (tertiary/aromatic N) is 1. The molecule has 1 fully saturated rings. The van der Waals surface area contributed by atoms with Crippen LogP contribution < -0.4 is 16.4 Å². The first kappa shape index (κ1) is 20.7. The predicted octanol–water partition coefficient (Wildman–Crippen LogP) is 3.04. The molecule has 1 aromatic rings. The minimum atomic E-state index is -0.402. The van der Waals surface area contributed by atoms with Crippen LogP contribution in [0.15, 0.2) is 29.3 Å². The Hall–Kier alpha value is -1.31. The lowest BCUT2D eigenvalue weighted by Gasteiger charge is -2.13. The summed E-state index contributed by atoms with van der Waals surface area (Å²) in [6.07, 6.45) is 8.12. The number of benzene rings is 1. The van der Waals surface area contributed by atoms with Crippen LogP contribution in [-0.2, 0) is 6.54 Å². The fourth-order valence-electron chi connectivity index (χ4n) is 3.14. The molecule has 1 aliphatic carbocycles. The van der Waals surface area contributed by atoms with Crippen molar-refractivity contribution in [2.24, 2.45) is 16.6 Å². The van der Waals surface area contributed by atoms with Gasteiger partial charge < -0.3 is 16.4 Å². The molecule has 1 saturated carbocycles. The van der Waals surface area contributed by atoms with Gasteiger partial charge in [0.2, 0.25) is 5.91 Å². The number of rotatable bonds is 7. The zero-order valence-corrected chi connectivity index (χ0v) is 16.7. The van der Waals surface area contributed by atoms with Gasteiger partial charge in [-0.15, -0.1) is 24.0 Å². The molecule has 1 amide bonds. The van der Waals surface area contributed by atoms with Crippen LogP contribution in [0.3, 0.4) is 0 Å². The highest BCUT2D eigenvalue weighted by Crippen LogP contribution is 2.28. The van der Waals surface area contributed by atoms with E-state index in [4.69, 9.17) is 5.73 Å². The number of guanidine groups is 1. The molecule has 0 aromatic heterocycles. The van der Waals surface area contributed by atoms with Crippen LogP contribution in [0, 0.1) is 5.92 Å². The van der Waals surface area contributed by atoms with E-state index in [1.807, 2.05) is 18.2 Å². The van der Waals surface area contributed by atoms with E-state index in [1.165, 1.54) is 38.5 Å². The number of primary amides is 1. The van der Waals surface area contributed by atoms with Crippen molar-refractivity contribution in [3.8, 4) is 0 Å². The van der Waals surface area contributed by atoms with E-state index in [0.29, 0.717) is 12.1 Å². The monoisotopic (exact) mass is 444 g/mol. The number of hydrogen-bond acceptors (Lipinski definition) is 2. The molecule has 0 heterocycles. The number of nitrogens with one attached hydrogen (secondary N) is 2. The quantitative estimate of drug-likeness (QED) is 0.262. The summed E-state index contributed by atoms with van der Waals surface area (Å²) >= 11 is 0. The predicted molar refractivity (Wildman–Crippen MR) is 110 cm³/mol. The molecule has 0 atom stereocenters. The van der Waals surface area contributed by atoms with Crippen LogP contribution in [0.5, 0.6) is 0 Å². The molecular formula is C18H29IN4O. The molecule has 0 unspecified atom stereocenters. The van der Waals surface area contributed by atoms with E-state index in [-0.39, 0.29) is 24.0 Å². The van der Waals surface area contributed by atoms with Crippen LogP contribution in [0.4, 0.5) is 0 Å². The average Bonchev–Trinajstić information content (AvgIpc) is 3.08. The van der Waals surface area contributed by atoms with Gasteiger partial charge in [-0.2, -0.15) is 0 Å². The lowest BCUT2D eigenvalue weighted by Crippen LogP contribution is -2.37. The van der Waals surface area contributed by atoms with E-state index >= 15 is 0 Å². The summed E-state index contributed by atoms with van der Waals surface area (Å²) in [7, 11) is 1.77. The summed E-state index contributed by atoms with van der Waals surface area (Å²) in [6.45, 7) is 1.56. The molecule has 1 aliphatic rings. The lowest BCUT2D eigenvalue weighted by atomic mass is 10.0. The number of aliphatic imine (C=N–C) groups is 1. The molecule has 0 saturated heterocycles. The largest absolute Gasteiger partial charge is 0.366 e. The highest BCUT2D eigenvalue weighted by molar-refractivity contribution is 14.0. The third-order valence-electron chi connectivity index (χ3n) is 4.45. The summed E-state index contributed by atoms with van der Waals surface area (Å²) in [4.78, 5) is 15.4. The number of carbonyl (C=O) groups is 1. The summed E-state index contributed by atoms with van der Waals surface area (Å²) in [5, 5.41) is 6.62. The van der Waals surface area contributed by atoms with Crippen LogP contribution in [0.25, 0.3) is 0 Å². The van der Waals surface area contributed by atoms with Crippen molar-refractivity contribution in [2.45, 2.75) is 45.1 Å². The molecule has 0 radical (unpaired) electrons. The van der Waals surface area contributed by atoms with Gasteiger partial charge >= 0.3 is 0 Å². The Bertz CT molecular complexity index is 542. The van der Waals surface area contributed by atoms with Gasteiger partial charge in [0, 0.05) is 25.7 Å². The summed E-state index contributed by atoms with van der Waals surface area (Å²) in [6, 6.07) is 7.34. The molecular weight excluding hydrogens is 415 g/mol. The molecule has 0 aliphatic heterocycles. The van der Waals surface area contributed by atoms with Gasteiger partial charge in [0.25, 0.3) is 0 Å². The van der Waals surface area contributed by atoms with E-state index < -0.39 is 5.91 Å². The van der Waals surface area contributed by atoms with Gasteiger partial charge in [0.15, 0.2) is 5.96 Å². The van der Waals surface area contributed by atoms with Gasteiger partial charge in [0.05, 0.1) is 0 Å². The Morgan fingerprint density at radius 2 is 2.04 bits per heavy atom. The van der Waals surface area contributed by atoms with Crippen molar-refractivity contribution in [1.29, 1.82) is 0 Å². The summed E-state index contributed by atoms with van der Waals surface area (Å²) in [5.41, 5.74) is 6.84. The number of nitrogens with two attached hydrogens (primary N) is 1. The van der Waals surface area contributed by atoms with Crippen molar-refractivity contribution < 1.29 is 4.79 Å². The standard InChI is InChI=1S/C18H28N4O.HI/c1-20-18(21-11-5-9-14-6-2-3-7-14)22-13-15-8-4-10-16(12-15)17(19)23;/h4,8,10,12,14H,2-3,5-7,9,11,13H2,1H3,(H2,19,23)(H2,20,21,22);1H. The number of carbonyl (C=O) groups excluding carboxylic acids is 1. The minimum absolute atomic E-state index is 0. The number of hydrogen-bond donors (Lipinski definition) is 3. The van der Waals surface area contributed by atoms with Crippen LogP contribution in [0.1, 0.15) is 54.4 Å². The highest BCUT2D eigenvalue weighted by Gasteiger charge is 2.13. The molecule has 0 spiro atoms. The molecule has 4 N–H and O–H groups in total. The molecule has 0 bridgehead atoms. The number of halogens is 1. The molecule has 6 heteroatoms. The van der Waals surface area contributed by atoms with Gasteiger partial charge in [-0.1, -0.05) is 37.8 Å². The van der Waals surface area contributed by atoms with Crippen molar-refractivity contribution >= 4 is 35.8 Å². The fraction of sp³-hybridized carbons (Fsp3) is 0.556. The van der Waals surface area contributed by atoms with E-state index in [1.54, 1.807) is 13.1 Å². The maximum absolute atomic E-state index is 11.2. The second-order valence-corrected chi connectivity index (χ2v) is 6.21. The maximum atomic E-state index is 11.2. The van der Waals surface area contributed by atoms with E-state index in [2.05, 4.69) is 15.6 Å². The second kappa shape index (κ2) is 11.3. The molecule has 2 rings (SSSR count). The van der Waals surface area contributed by atoms with Crippen molar-refractivity contribution in [1.82, 2.24) is 10.6 Å². The van der Waals surface area contributed by atoms with E-state index in [0.717, 1.165) is 24.0 Å². The smallest absolute Gasteiger partial charge is 0.248 e. The Labute approximate surface area is 161 Å². The lowest BCUT2D eigenvalue weighted by molar-refractivity contribution is 0.1000. The summed E-state index contributed by atoms with van der Waals surface area (Å²) in [5.74, 6) is 1.32. The van der Waals surface area contributed by atoms with Crippen molar-refractivity contribution in [3.63, 3.8) is 0 Å². The van der Waals surface area contributed by atoms with Gasteiger partial charge in [-0.3, -0.25) is 9.79 Å². The van der Waals surface area contributed by atoms with Gasteiger partial charge in [-0.05, 0) is 36.5 Å². The van der Waals surface area contributed by atoms with E-state index in [9.17, 15) is 4.79 Å². The normalized spacial score (nSPS) is 15.0. The third kappa shape index (κ3) is 7.07. The highest BCUT2D eigenvalue weighted by atomic mass is 127. The molecule has 5 nitrogen and oxygen atoms in total.